The van der Waals surface area contributed by atoms with Crippen LogP contribution in [0, 0.1) is 24.2 Å². The molecular weight excluding hydrogens is 388 g/mol. The van der Waals surface area contributed by atoms with E-state index in [1.165, 1.54) is 30.4 Å². The summed E-state index contributed by atoms with van der Waals surface area (Å²) in [7, 11) is 1.64. The van der Waals surface area contributed by atoms with Crippen molar-refractivity contribution >= 4 is 5.97 Å². The first kappa shape index (κ1) is 20.4. The summed E-state index contributed by atoms with van der Waals surface area (Å²) >= 11 is 0. The standard InChI is InChI=1S/C27H32O4/c1-19-3-5-22(6-4-19)26-14-20-13-21(15-26)17-27(16-20,18-26)25(28)31-12-11-30-24-9-7-23(29-2)8-10-24/h3-10,20-21H,11-18H2,1-2H3/t20-,21-,26?,27?/m1/s1. The smallest absolute Gasteiger partial charge is 0.312 e. The maximum absolute atomic E-state index is 13.3. The maximum Gasteiger partial charge on any atom is 0.312 e. The van der Waals surface area contributed by atoms with Gasteiger partial charge in [0.15, 0.2) is 0 Å². The van der Waals surface area contributed by atoms with E-state index in [2.05, 4.69) is 31.2 Å². The average molecular weight is 421 g/mol. The molecule has 0 aliphatic heterocycles. The van der Waals surface area contributed by atoms with Gasteiger partial charge in [0.2, 0.25) is 0 Å². The number of rotatable bonds is 7. The topological polar surface area (TPSA) is 44.8 Å². The minimum Gasteiger partial charge on any atom is -0.497 e. The molecule has 4 fully saturated rings. The van der Waals surface area contributed by atoms with Crippen LogP contribution in [0.15, 0.2) is 48.5 Å². The van der Waals surface area contributed by atoms with Crippen LogP contribution in [0.5, 0.6) is 11.5 Å². The van der Waals surface area contributed by atoms with Gasteiger partial charge in [-0.25, -0.2) is 0 Å². The third kappa shape index (κ3) is 3.81. The van der Waals surface area contributed by atoms with Crippen LogP contribution in [0.4, 0.5) is 0 Å². The molecule has 0 unspecified atom stereocenters. The molecule has 4 heteroatoms. The summed E-state index contributed by atoms with van der Waals surface area (Å²) in [5.74, 6) is 2.83. The van der Waals surface area contributed by atoms with Crippen molar-refractivity contribution in [3.63, 3.8) is 0 Å². The first-order valence-electron chi connectivity index (χ1n) is 11.5. The average Bonchev–Trinajstić information content (AvgIpc) is 2.76. The minimum atomic E-state index is -0.310. The number of carbonyl (C=O) groups is 1. The fourth-order valence-electron chi connectivity index (χ4n) is 6.87. The van der Waals surface area contributed by atoms with Crippen molar-refractivity contribution in [2.45, 2.75) is 50.9 Å². The Morgan fingerprint density at radius 1 is 0.903 bits per heavy atom. The highest BCUT2D eigenvalue weighted by molar-refractivity contribution is 5.78. The van der Waals surface area contributed by atoms with Crippen LogP contribution in [0.1, 0.15) is 49.7 Å². The second kappa shape index (κ2) is 7.89. The molecule has 31 heavy (non-hydrogen) atoms. The highest BCUT2D eigenvalue weighted by Crippen LogP contribution is 2.66. The molecule has 0 heterocycles. The van der Waals surface area contributed by atoms with Gasteiger partial charge in [-0.1, -0.05) is 29.8 Å². The molecule has 2 atom stereocenters. The highest BCUT2D eigenvalue weighted by atomic mass is 16.6. The summed E-state index contributed by atoms with van der Waals surface area (Å²) in [6.07, 6.45) is 6.66. The van der Waals surface area contributed by atoms with E-state index in [9.17, 15) is 4.79 Å². The van der Waals surface area contributed by atoms with Gasteiger partial charge in [-0.05, 0) is 92.5 Å². The van der Waals surface area contributed by atoms with Crippen molar-refractivity contribution in [1.82, 2.24) is 0 Å². The van der Waals surface area contributed by atoms with E-state index < -0.39 is 0 Å². The fourth-order valence-corrected chi connectivity index (χ4v) is 6.87. The number of carbonyl (C=O) groups excluding carboxylic acids is 1. The van der Waals surface area contributed by atoms with E-state index in [1.807, 2.05) is 24.3 Å². The fraction of sp³-hybridized carbons (Fsp3) is 0.519. The number of methoxy groups -OCH3 is 1. The molecule has 0 radical (unpaired) electrons. The molecule has 0 spiro atoms. The quantitative estimate of drug-likeness (QED) is 0.440. The first-order valence-corrected chi connectivity index (χ1v) is 11.5. The van der Waals surface area contributed by atoms with Gasteiger partial charge in [0.1, 0.15) is 24.7 Å². The Labute approximate surface area is 184 Å². The van der Waals surface area contributed by atoms with Crippen molar-refractivity contribution in [2.75, 3.05) is 20.3 Å². The number of benzene rings is 2. The molecule has 0 N–H and O–H groups in total. The summed E-state index contributed by atoms with van der Waals surface area (Å²) in [5, 5.41) is 0. The summed E-state index contributed by atoms with van der Waals surface area (Å²) in [4.78, 5) is 13.3. The largest absolute Gasteiger partial charge is 0.497 e. The van der Waals surface area contributed by atoms with Gasteiger partial charge in [-0.15, -0.1) is 0 Å². The van der Waals surface area contributed by atoms with Gasteiger partial charge < -0.3 is 14.2 Å². The third-order valence-corrected chi connectivity index (χ3v) is 7.80. The van der Waals surface area contributed by atoms with E-state index in [4.69, 9.17) is 14.2 Å². The van der Waals surface area contributed by atoms with E-state index in [0.29, 0.717) is 25.0 Å². The molecule has 164 valence electrons. The summed E-state index contributed by atoms with van der Waals surface area (Å²) in [5.41, 5.74) is 2.55. The minimum absolute atomic E-state index is 0.00332. The number of esters is 1. The first-order chi connectivity index (χ1) is 15.0. The van der Waals surface area contributed by atoms with Gasteiger partial charge in [0, 0.05) is 0 Å². The van der Waals surface area contributed by atoms with Crippen molar-refractivity contribution in [2.24, 2.45) is 17.3 Å². The van der Waals surface area contributed by atoms with E-state index in [0.717, 1.165) is 30.8 Å². The van der Waals surface area contributed by atoms with Crippen molar-refractivity contribution in [1.29, 1.82) is 0 Å². The molecular formula is C27H32O4. The van der Waals surface area contributed by atoms with Crippen LogP contribution in [0.3, 0.4) is 0 Å². The van der Waals surface area contributed by atoms with Crippen molar-refractivity contribution in [3.8, 4) is 11.5 Å². The van der Waals surface area contributed by atoms with Gasteiger partial charge in [-0.2, -0.15) is 0 Å². The number of hydrogen-bond acceptors (Lipinski definition) is 4. The van der Waals surface area contributed by atoms with Gasteiger partial charge >= 0.3 is 5.97 Å². The molecule has 4 saturated carbocycles. The van der Waals surface area contributed by atoms with E-state index in [-0.39, 0.29) is 16.8 Å². The Morgan fingerprint density at radius 2 is 1.55 bits per heavy atom. The molecule has 0 saturated heterocycles. The lowest BCUT2D eigenvalue weighted by Crippen LogP contribution is -2.57. The Kier molecular flexibility index (Phi) is 5.19. The van der Waals surface area contributed by atoms with Crippen LogP contribution in [0.2, 0.25) is 0 Å². The van der Waals surface area contributed by atoms with Crippen LogP contribution in [-0.4, -0.2) is 26.3 Å². The summed E-state index contributed by atoms with van der Waals surface area (Å²) in [6.45, 7) is 2.79. The molecule has 0 aromatic heterocycles. The Hall–Kier alpha value is -2.49. The normalized spacial score (nSPS) is 30.8. The maximum atomic E-state index is 13.3. The molecule has 4 nitrogen and oxygen atoms in total. The number of hydrogen-bond donors (Lipinski definition) is 0. The predicted molar refractivity (Wildman–Crippen MR) is 119 cm³/mol. The second-order valence-electron chi connectivity index (χ2n) is 10.0. The highest BCUT2D eigenvalue weighted by Gasteiger charge is 2.61. The van der Waals surface area contributed by atoms with E-state index >= 15 is 0 Å². The predicted octanol–water partition coefficient (Wildman–Crippen LogP) is 5.46. The van der Waals surface area contributed by atoms with Crippen LogP contribution >= 0.6 is 0 Å². The zero-order valence-corrected chi connectivity index (χ0v) is 18.6. The Bertz CT molecular complexity index is 917. The summed E-state index contributed by atoms with van der Waals surface area (Å²) < 4.78 is 16.7. The number of aryl methyl sites for hydroxylation is 1. The molecule has 6 rings (SSSR count). The molecule has 4 bridgehead atoms. The van der Waals surface area contributed by atoms with Crippen LogP contribution in [-0.2, 0) is 14.9 Å². The number of ether oxygens (including phenoxy) is 3. The second-order valence-corrected chi connectivity index (χ2v) is 10.0. The van der Waals surface area contributed by atoms with Crippen molar-refractivity contribution in [3.05, 3.63) is 59.7 Å². The van der Waals surface area contributed by atoms with Gasteiger partial charge in [-0.3, -0.25) is 4.79 Å². The molecule has 0 amide bonds. The monoisotopic (exact) mass is 420 g/mol. The molecule has 4 aliphatic rings. The Balaban J connectivity index is 1.24. The third-order valence-electron chi connectivity index (χ3n) is 7.80. The van der Waals surface area contributed by atoms with E-state index in [1.54, 1.807) is 7.11 Å². The Morgan fingerprint density at radius 3 is 2.19 bits per heavy atom. The molecule has 2 aromatic rings. The lowest BCUT2D eigenvalue weighted by molar-refractivity contribution is -0.174. The van der Waals surface area contributed by atoms with Crippen LogP contribution in [0.25, 0.3) is 0 Å². The molecule has 2 aromatic carbocycles. The van der Waals surface area contributed by atoms with Gasteiger partial charge in [0.25, 0.3) is 0 Å². The molecule has 4 aliphatic carbocycles. The zero-order chi connectivity index (χ0) is 21.5. The SMILES string of the molecule is COc1ccc(OCCOC(=O)C23C[C@@H]4C[C@@H](C2)CC(c2ccc(C)cc2)(C4)C3)cc1. The summed E-state index contributed by atoms with van der Waals surface area (Å²) in [6, 6.07) is 16.5. The zero-order valence-electron chi connectivity index (χ0n) is 18.6. The van der Waals surface area contributed by atoms with Crippen LogP contribution < -0.4 is 9.47 Å². The van der Waals surface area contributed by atoms with Crippen molar-refractivity contribution < 1.29 is 19.0 Å². The lowest BCUT2D eigenvalue weighted by Gasteiger charge is -2.61. The lowest BCUT2D eigenvalue weighted by atomic mass is 9.43. The van der Waals surface area contributed by atoms with Gasteiger partial charge in [0.05, 0.1) is 12.5 Å².